The summed E-state index contributed by atoms with van der Waals surface area (Å²) in [6.45, 7) is 19.8. The van der Waals surface area contributed by atoms with E-state index in [1.807, 2.05) is 20.8 Å². The molecule has 24 heteroatoms. The predicted molar refractivity (Wildman–Crippen MR) is 291 cm³/mol. The molecule has 0 radical (unpaired) electrons. The summed E-state index contributed by atoms with van der Waals surface area (Å²) in [4.78, 5) is 51.7. The highest BCUT2D eigenvalue weighted by atomic mass is 16.8. The average molecular weight is 1200 g/mol. The summed E-state index contributed by atoms with van der Waals surface area (Å²) < 4.78 is 54.4. The number of rotatable bonds is 15. The highest BCUT2D eigenvalue weighted by Gasteiger charge is 2.74. The van der Waals surface area contributed by atoms with Crippen LogP contribution >= 0.6 is 0 Å². The predicted octanol–water partition coefficient (Wildman–Crippen LogP) is 1.22. The van der Waals surface area contributed by atoms with E-state index in [9.17, 15) is 75.3 Å². The van der Waals surface area contributed by atoms with Crippen LogP contribution in [0.5, 0.6) is 0 Å². The van der Waals surface area contributed by atoms with Gasteiger partial charge in [-0.1, -0.05) is 65.3 Å². The molecule has 3 heterocycles. The summed E-state index contributed by atoms with van der Waals surface area (Å²) in [5.41, 5.74) is -3.95. The van der Waals surface area contributed by atoms with E-state index < -0.39 is 199 Å². The van der Waals surface area contributed by atoms with E-state index in [1.54, 1.807) is 33.8 Å². The monoisotopic (exact) mass is 1200 g/mol. The third-order valence-corrected chi connectivity index (χ3v) is 22.0. The summed E-state index contributed by atoms with van der Waals surface area (Å²) in [5.74, 6) is -4.73. The second-order valence-corrected chi connectivity index (χ2v) is 26.9. The van der Waals surface area contributed by atoms with Gasteiger partial charge in [0, 0.05) is 23.5 Å². The summed E-state index contributed by atoms with van der Waals surface area (Å²) in [5, 5.41) is 124. The van der Waals surface area contributed by atoms with Gasteiger partial charge in [-0.3, -0.25) is 4.79 Å². The molecule has 0 aromatic carbocycles. The molecule has 0 aromatic heterocycles. The maximum atomic E-state index is 13.3. The molecule has 476 valence electrons. The van der Waals surface area contributed by atoms with Crippen LogP contribution in [0.4, 0.5) is 0 Å². The van der Waals surface area contributed by atoms with Gasteiger partial charge in [-0.05, 0) is 119 Å². The standard InChI is InChI=1S/C60H92O24/c1-13-26(3)50(74)80-43-28(5)77-53(42(70)44(43)81-51(75)27(4)14-2)84-48-47(71)60(25-76-29(6)63)31(21-55(48,7)8)30-15-16-34-56(9)19-18-36(57(10,24-62)33(56)17-20-58(34,11)59(30,12)22-35(60)64)79-54-46(40(68)39(67)45(82-54)49(72)73)83-52-41(69)38(66)37(65)32(23-61)78-52/h13-15,28,31-48,52-54,61-62,64-71H,16-25H2,1-12H3,(H,72,73)/b26-13-,27-14-/t28-,31?,32-,33?,34?,35?,36+,37-,38+,39+,40+,41-,42-,43-,44-,45+,46-,47+,48+,52+,53+,54-,56+,57+,58-,59-,60+/m1/s1. The molecule has 3 aliphatic heterocycles. The van der Waals surface area contributed by atoms with Crippen molar-refractivity contribution in [3.8, 4) is 0 Å². The molecule has 0 spiro atoms. The van der Waals surface area contributed by atoms with Crippen molar-refractivity contribution in [2.24, 2.45) is 50.2 Å². The van der Waals surface area contributed by atoms with Gasteiger partial charge in [0.2, 0.25) is 0 Å². The first-order valence-corrected chi connectivity index (χ1v) is 29.5. The molecule has 0 amide bonds. The molecule has 0 bridgehead atoms. The number of carboxylic acid groups (broad SMARTS) is 1. The van der Waals surface area contributed by atoms with Crippen molar-refractivity contribution in [1.82, 2.24) is 0 Å². The molecule has 8 rings (SSSR count). The Bertz CT molecular complexity index is 2530. The number of hydrogen-bond acceptors (Lipinski definition) is 23. The van der Waals surface area contributed by atoms with Crippen molar-refractivity contribution >= 4 is 23.9 Å². The SMILES string of the molecule is C/C=C(/C)C(=O)O[C@@H]1[C@@H](O)[C@H](O[C@H]2[C@H](O)[C@]3(COC(C)=O)C(O)C[C@]4(C)C(=CCC5[C@@]6(C)CC[C@H](O[C@@H]7O[C@H](C(=O)O)[C@@H](O)[C@H](O)[C@H]7O[C@@H]7O[C@H](CO)[C@@H](O)[C@H](O)[C@H]7O)[C@@](C)(CO)C6CC[C@]54C)C3CC2(C)C)O[C@H](C)[C@H]1OC(=O)/C(C)=C\C. The molecular weight excluding hydrogens is 1100 g/mol. The largest absolute Gasteiger partial charge is 0.479 e. The van der Waals surface area contributed by atoms with Crippen molar-refractivity contribution in [3.63, 3.8) is 0 Å². The minimum atomic E-state index is -2.07. The van der Waals surface area contributed by atoms with E-state index in [4.69, 9.17) is 42.6 Å². The molecule has 84 heavy (non-hydrogen) atoms. The minimum absolute atomic E-state index is 0.0905. The van der Waals surface area contributed by atoms with Crippen molar-refractivity contribution in [3.05, 3.63) is 34.9 Å². The quantitative estimate of drug-likeness (QED) is 0.0361. The van der Waals surface area contributed by atoms with E-state index in [1.165, 1.54) is 19.9 Å². The van der Waals surface area contributed by atoms with Crippen LogP contribution in [0.1, 0.15) is 128 Å². The number of carboxylic acids is 1. The van der Waals surface area contributed by atoms with E-state index >= 15 is 0 Å². The van der Waals surface area contributed by atoms with Crippen molar-refractivity contribution in [2.75, 3.05) is 19.8 Å². The van der Waals surface area contributed by atoms with Crippen LogP contribution in [-0.2, 0) is 61.8 Å². The number of aliphatic carboxylic acids is 1. The van der Waals surface area contributed by atoms with Gasteiger partial charge >= 0.3 is 23.9 Å². The molecule has 4 unspecified atom stereocenters. The first kappa shape index (κ1) is 66.4. The number of aliphatic hydroxyl groups is 10. The number of ether oxygens (including phenoxy) is 9. The second-order valence-electron chi connectivity index (χ2n) is 26.9. The first-order valence-electron chi connectivity index (χ1n) is 29.5. The summed E-state index contributed by atoms with van der Waals surface area (Å²) >= 11 is 0. The Balaban J connectivity index is 1.09. The Hall–Kier alpha value is -3.54. The highest BCUT2D eigenvalue weighted by molar-refractivity contribution is 5.88. The van der Waals surface area contributed by atoms with E-state index in [0.717, 1.165) is 5.57 Å². The number of carbonyl (C=O) groups is 4. The molecular formula is C60H92O24. The summed E-state index contributed by atoms with van der Waals surface area (Å²) in [7, 11) is 0. The third kappa shape index (κ3) is 10.9. The van der Waals surface area contributed by atoms with Gasteiger partial charge < -0.3 is 98.8 Å². The van der Waals surface area contributed by atoms with Gasteiger partial charge in [-0.2, -0.15) is 0 Å². The average Bonchev–Trinajstić information content (AvgIpc) is 0.679. The molecule has 24 nitrogen and oxygen atoms in total. The number of allylic oxidation sites excluding steroid dienone is 4. The Morgan fingerprint density at radius 3 is 1.88 bits per heavy atom. The van der Waals surface area contributed by atoms with Gasteiger partial charge in [0.25, 0.3) is 0 Å². The number of aliphatic hydroxyl groups excluding tert-OH is 10. The van der Waals surface area contributed by atoms with Crippen LogP contribution < -0.4 is 0 Å². The molecule has 8 aliphatic rings. The third-order valence-electron chi connectivity index (χ3n) is 22.0. The van der Waals surface area contributed by atoms with Crippen LogP contribution in [0, 0.1) is 50.2 Å². The number of fused-ring (bicyclic) bond motifs is 7. The lowest BCUT2D eigenvalue weighted by Crippen LogP contribution is -2.73. The van der Waals surface area contributed by atoms with Crippen LogP contribution in [0.25, 0.3) is 0 Å². The fourth-order valence-corrected chi connectivity index (χ4v) is 16.6. The normalized spacial score (nSPS) is 48.5. The molecule has 5 aliphatic carbocycles. The van der Waals surface area contributed by atoms with Crippen LogP contribution in [0.3, 0.4) is 0 Å². The fraction of sp³-hybridized carbons (Fsp3) is 0.833. The van der Waals surface area contributed by atoms with Gasteiger partial charge in [0.15, 0.2) is 37.2 Å². The van der Waals surface area contributed by atoms with Crippen LogP contribution in [0.15, 0.2) is 34.9 Å². The zero-order chi connectivity index (χ0) is 62.3. The zero-order valence-corrected chi connectivity index (χ0v) is 50.2. The van der Waals surface area contributed by atoms with Gasteiger partial charge in [-0.25, -0.2) is 14.4 Å². The zero-order valence-electron chi connectivity index (χ0n) is 50.2. The summed E-state index contributed by atoms with van der Waals surface area (Å²) in [6, 6.07) is 0. The van der Waals surface area contributed by atoms with Gasteiger partial charge in [0.1, 0.15) is 55.4 Å². The van der Waals surface area contributed by atoms with Crippen molar-refractivity contribution in [2.45, 2.75) is 245 Å². The Kier molecular flexibility index (Phi) is 19.3. The first-order chi connectivity index (χ1) is 39.2. The molecule has 7 fully saturated rings. The molecule has 27 atom stereocenters. The smallest absolute Gasteiger partial charge is 0.335 e. The topological polar surface area (TPSA) is 374 Å². The van der Waals surface area contributed by atoms with E-state index in [-0.39, 0.29) is 42.2 Å². The van der Waals surface area contributed by atoms with E-state index in [2.05, 4.69) is 26.8 Å². The Morgan fingerprint density at radius 2 is 1.30 bits per heavy atom. The number of hydrogen-bond donors (Lipinski definition) is 11. The van der Waals surface area contributed by atoms with Crippen LogP contribution in [-0.4, -0.2) is 216 Å². The number of esters is 3. The Morgan fingerprint density at radius 1 is 0.679 bits per heavy atom. The second kappa shape index (κ2) is 24.4. The fourth-order valence-electron chi connectivity index (χ4n) is 16.6. The lowest BCUT2D eigenvalue weighted by atomic mass is 9.33. The lowest BCUT2D eigenvalue weighted by Gasteiger charge is -2.72. The molecule has 3 saturated heterocycles. The highest BCUT2D eigenvalue weighted by Crippen LogP contribution is 2.76. The summed E-state index contributed by atoms with van der Waals surface area (Å²) in [6.07, 6.45) is -22.4. The molecule has 11 N–H and O–H groups in total. The number of carbonyl (C=O) groups excluding carboxylic acids is 3. The maximum Gasteiger partial charge on any atom is 0.335 e. The van der Waals surface area contributed by atoms with Crippen LogP contribution in [0.2, 0.25) is 0 Å². The minimum Gasteiger partial charge on any atom is -0.479 e. The molecule has 4 saturated carbocycles. The lowest BCUT2D eigenvalue weighted by molar-refractivity contribution is -0.375. The Labute approximate surface area is 490 Å². The van der Waals surface area contributed by atoms with Crippen molar-refractivity contribution in [1.29, 1.82) is 0 Å². The van der Waals surface area contributed by atoms with E-state index in [0.29, 0.717) is 25.7 Å². The van der Waals surface area contributed by atoms with Gasteiger partial charge in [-0.15, -0.1) is 0 Å². The van der Waals surface area contributed by atoms with Crippen molar-refractivity contribution < 1.29 is 118 Å². The molecule has 0 aromatic rings. The maximum absolute atomic E-state index is 13.3. The van der Waals surface area contributed by atoms with Gasteiger partial charge in [0.05, 0.1) is 49.1 Å².